The van der Waals surface area contributed by atoms with Gasteiger partial charge in [0.1, 0.15) is 5.76 Å². The first kappa shape index (κ1) is 14.0. The molecular formula is C14H23NO2S. The largest absolute Gasteiger partial charge is 0.468 e. The van der Waals surface area contributed by atoms with Gasteiger partial charge in [0.2, 0.25) is 0 Å². The molecule has 1 fully saturated rings. The second kappa shape index (κ2) is 6.64. The van der Waals surface area contributed by atoms with Gasteiger partial charge in [-0.25, -0.2) is 0 Å². The molecule has 0 spiro atoms. The first-order valence-corrected chi connectivity index (χ1v) is 7.83. The molecule has 18 heavy (non-hydrogen) atoms. The topological polar surface area (TPSA) is 45.4 Å². The molecule has 0 aliphatic heterocycles. The smallest absolute Gasteiger partial charge is 0.113 e. The predicted molar refractivity (Wildman–Crippen MR) is 75.8 cm³/mol. The van der Waals surface area contributed by atoms with Crippen LogP contribution in [0.25, 0.3) is 0 Å². The molecule has 1 aromatic heterocycles. The lowest BCUT2D eigenvalue weighted by atomic mass is 9.99. The summed E-state index contributed by atoms with van der Waals surface area (Å²) in [4.78, 5) is 0. The summed E-state index contributed by atoms with van der Waals surface area (Å²) in [6, 6.07) is 3.96. The molecule has 1 aromatic rings. The summed E-state index contributed by atoms with van der Waals surface area (Å²) in [6.45, 7) is 3.41. The molecule has 0 aromatic carbocycles. The molecule has 1 aliphatic rings. The Balaban J connectivity index is 1.79. The van der Waals surface area contributed by atoms with E-state index < -0.39 is 0 Å². The molecule has 2 atom stereocenters. The van der Waals surface area contributed by atoms with Crippen LogP contribution in [0.15, 0.2) is 22.8 Å². The Morgan fingerprint density at radius 1 is 1.61 bits per heavy atom. The second-order valence-corrected chi connectivity index (χ2v) is 6.41. The van der Waals surface area contributed by atoms with Gasteiger partial charge in [-0.3, -0.25) is 0 Å². The molecule has 1 aliphatic carbocycles. The van der Waals surface area contributed by atoms with E-state index in [9.17, 15) is 5.11 Å². The summed E-state index contributed by atoms with van der Waals surface area (Å²) in [7, 11) is 0. The third kappa shape index (κ3) is 3.53. The van der Waals surface area contributed by atoms with Crippen molar-refractivity contribution in [3.05, 3.63) is 24.2 Å². The standard InChI is InChI=1S/C14H23NO2S/c1-2-7-15-14(11-16)6-5-13(9-14)18-10-12-4-3-8-17-12/h3-4,8,13,15-16H,2,5-7,9-11H2,1H3. The van der Waals surface area contributed by atoms with Gasteiger partial charge in [0.05, 0.1) is 18.6 Å². The molecule has 4 heteroatoms. The van der Waals surface area contributed by atoms with Crippen molar-refractivity contribution in [3.63, 3.8) is 0 Å². The van der Waals surface area contributed by atoms with Crippen molar-refractivity contribution in [2.45, 2.75) is 49.1 Å². The quantitative estimate of drug-likeness (QED) is 0.799. The highest BCUT2D eigenvalue weighted by molar-refractivity contribution is 7.99. The molecule has 0 bridgehead atoms. The highest BCUT2D eigenvalue weighted by Crippen LogP contribution is 2.38. The normalized spacial score (nSPS) is 27.8. The first-order chi connectivity index (χ1) is 8.78. The summed E-state index contributed by atoms with van der Waals surface area (Å²) in [5, 5.41) is 13.8. The van der Waals surface area contributed by atoms with E-state index in [2.05, 4.69) is 12.2 Å². The van der Waals surface area contributed by atoms with Crippen molar-refractivity contribution in [2.75, 3.05) is 13.2 Å². The molecule has 0 amide bonds. The summed E-state index contributed by atoms with van der Waals surface area (Å²) in [5.74, 6) is 1.98. The Labute approximate surface area is 113 Å². The zero-order valence-corrected chi connectivity index (χ0v) is 11.8. The monoisotopic (exact) mass is 269 g/mol. The number of nitrogens with one attached hydrogen (secondary N) is 1. The number of hydrogen-bond acceptors (Lipinski definition) is 4. The minimum Gasteiger partial charge on any atom is -0.468 e. The van der Waals surface area contributed by atoms with Crippen LogP contribution < -0.4 is 5.32 Å². The molecule has 1 heterocycles. The van der Waals surface area contributed by atoms with Crippen molar-refractivity contribution in [1.29, 1.82) is 0 Å². The summed E-state index contributed by atoms with van der Waals surface area (Å²) in [6.07, 6.45) is 6.17. The number of aliphatic hydroxyl groups excluding tert-OH is 1. The fourth-order valence-corrected chi connectivity index (χ4v) is 3.85. The highest BCUT2D eigenvalue weighted by Gasteiger charge is 2.38. The van der Waals surface area contributed by atoms with Gasteiger partial charge in [-0.15, -0.1) is 0 Å². The van der Waals surface area contributed by atoms with E-state index in [1.54, 1.807) is 6.26 Å². The maximum Gasteiger partial charge on any atom is 0.113 e. The van der Waals surface area contributed by atoms with Gasteiger partial charge in [-0.1, -0.05) is 6.92 Å². The zero-order valence-electron chi connectivity index (χ0n) is 11.0. The third-order valence-corrected chi connectivity index (χ3v) is 4.98. The number of thioether (sulfide) groups is 1. The number of rotatable bonds is 7. The van der Waals surface area contributed by atoms with Crippen molar-refractivity contribution in [2.24, 2.45) is 0 Å². The summed E-state index contributed by atoms with van der Waals surface area (Å²) >= 11 is 1.95. The lowest BCUT2D eigenvalue weighted by molar-refractivity contribution is 0.165. The minimum atomic E-state index is -0.0309. The molecule has 3 nitrogen and oxygen atoms in total. The van der Waals surface area contributed by atoms with Crippen LogP contribution in [0, 0.1) is 0 Å². The van der Waals surface area contributed by atoms with Crippen LogP contribution in [0.5, 0.6) is 0 Å². The minimum absolute atomic E-state index is 0.0309. The van der Waals surface area contributed by atoms with E-state index in [-0.39, 0.29) is 12.1 Å². The molecule has 0 radical (unpaired) electrons. The lowest BCUT2D eigenvalue weighted by Crippen LogP contribution is -2.46. The maximum atomic E-state index is 9.62. The van der Waals surface area contributed by atoms with E-state index in [1.165, 1.54) is 6.42 Å². The summed E-state index contributed by atoms with van der Waals surface area (Å²) in [5.41, 5.74) is -0.0309. The fraction of sp³-hybridized carbons (Fsp3) is 0.714. The van der Waals surface area contributed by atoms with Crippen molar-refractivity contribution in [3.8, 4) is 0 Å². The molecule has 2 unspecified atom stereocenters. The average Bonchev–Trinajstić information content (AvgIpc) is 3.04. The Morgan fingerprint density at radius 2 is 2.50 bits per heavy atom. The van der Waals surface area contributed by atoms with Gasteiger partial charge in [0.15, 0.2) is 0 Å². The number of furan rings is 1. The molecule has 2 N–H and O–H groups in total. The van der Waals surface area contributed by atoms with Crippen LogP contribution in [-0.2, 0) is 5.75 Å². The predicted octanol–water partition coefficient (Wildman–Crippen LogP) is 2.80. The van der Waals surface area contributed by atoms with Gasteiger partial charge in [0, 0.05) is 10.8 Å². The number of aliphatic hydroxyl groups is 1. The highest BCUT2D eigenvalue weighted by atomic mass is 32.2. The van der Waals surface area contributed by atoms with Crippen LogP contribution in [-0.4, -0.2) is 29.0 Å². The van der Waals surface area contributed by atoms with E-state index >= 15 is 0 Å². The summed E-state index contributed by atoms with van der Waals surface area (Å²) < 4.78 is 5.35. The van der Waals surface area contributed by atoms with Crippen molar-refractivity contribution < 1.29 is 9.52 Å². The van der Waals surface area contributed by atoms with E-state index in [0.717, 1.165) is 37.3 Å². The average molecular weight is 269 g/mol. The van der Waals surface area contributed by atoms with Gasteiger partial charge in [-0.2, -0.15) is 11.8 Å². The van der Waals surface area contributed by atoms with Crippen LogP contribution in [0.2, 0.25) is 0 Å². The van der Waals surface area contributed by atoms with Crippen LogP contribution in [0.3, 0.4) is 0 Å². The first-order valence-electron chi connectivity index (χ1n) is 6.78. The van der Waals surface area contributed by atoms with Crippen molar-refractivity contribution >= 4 is 11.8 Å². The maximum absolute atomic E-state index is 9.62. The molecule has 2 rings (SSSR count). The molecule has 1 saturated carbocycles. The van der Waals surface area contributed by atoms with Gasteiger partial charge >= 0.3 is 0 Å². The van der Waals surface area contributed by atoms with Crippen LogP contribution >= 0.6 is 11.8 Å². The van der Waals surface area contributed by atoms with Crippen molar-refractivity contribution in [1.82, 2.24) is 5.32 Å². The fourth-order valence-electron chi connectivity index (χ4n) is 2.56. The Hall–Kier alpha value is -0.450. The third-order valence-electron chi connectivity index (χ3n) is 3.66. The molecule has 0 saturated heterocycles. The molecular weight excluding hydrogens is 246 g/mol. The van der Waals surface area contributed by atoms with Gasteiger partial charge in [0.25, 0.3) is 0 Å². The van der Waals surface area contributed by atoms with Crippen LogP contribution in [0.1, 0.15) is 38.4 Å². The van der Waals surface area contributed by atoms with E-state index in [4.69, 9.17) is 4.42 Å². The van der Waals surface area contributed by atoms with Crippen LogP contribution in [0.4, 0.5) is 0 Å². The lowest BCUT2D eigenvalue weighted by Gasteiger charge is -2.28. The Bertz CT molecular complexity index is 342. The SMILES string of the molecule is CCCNC1(CO)CCC(SCc2ccco2)C1. The van der Waals surface area contributed by atoms with E-state index in [1.807, 2.05) is 23.9 Å². The Kier molecular flexibility index (Phi) is 5.15. The van der Waals surface area contributed by atoms with Gasteiger partial charge < -0.3 is 14.8 Å². The van der Waals surface area contributed by atoms with E-state index in [0.29, 0.717) is 5.25 Å². The molecule has 102 valence electrons. The Morgan fingerprint density at radius 3 is 3.17 bits per heavy atom. The second-order valence-electron chi connectivity index (χ2n) is 5.12. The van der Waals surface area contributed by atoms with Gasteiger partial charge in [-0.05, 0) is 44.4 Å². The number of hydrogen-bond donors (Lipinski definition) is 2. The zero-order chi connectivity index (χ0) is 12.8.